The fourth-order valence-corrected chi connectivity index (χ4v) is 3.83. The van der Waals surface area contributed by atoms with Crippen LogP contribution in [0.2, 0.25) is 0 Å². The number of ether oxygens (including phenoxy) is 1. The molecule has 0 saturated heterocycles. The van der Waals surface area contributed by atoms with Gasteiger partial charge in [-0.2, -0.15) is 0 Å². The molecule has 1 heterocycles. The van der Waals surface area contributed by atoms with Gasteiger partial charge in [0.05, 0.1) is 17.1 Å². The fourth-order valence-electron chi connectivity index (χ4n) is 3.83. The summed E-state index contributed by atoms with van der Waals surface area (Å²) in [5.41, 5.74) is 1.85. The van der Waals surface area contributed by atoms with E-state index < -0.39 is 18.0 Å². The van der Waals surface area contributed by atoms with Crippen LogP contribution in [0.1, 0.15) is 25.5 Å². The summed E-state index contributed by atoms with van der Waals surface area (Å²) >= 11 is 0. The number of nitrogens with one attached hydrogen (secondary N) is 1. The number of nitrogens with zero attached hydrogens (tertiary/aromatic N) is 1. The van der Waals surface area contributed by atoms with E-state index in [0.29, 0.717) is 21.8 Å². The molecule has 7 heteroatoms. The Kier molecular flexibility index (Phi) is 6.22. The van der Waals surface area contributed by atoms with E-state index in [1.165, 1.54) is 19.1 Å². The third-order valence-corrected chi connectivity index (χ3v) is 5.57. The molecule has 1 N–H and O–H groups in total. The van der Waals surface area contributed by atoms with E-state index in [9.17, 15) is 18.8 Å². The third kappa shape index (κ3) is 4.62. The van der Waals surface area contributed by atoms with Gasteiger partial charge in [-0.1, -0.05) is 36.4 Å². The number of carbonyl (C=O) groups is 2. The number of esters is 1. The van der Waals surface area contributed by atoms with Crippen LogP contribution >= 0.6 is 0 Å². The van der Waals surface area contributed by atoms with Crippen molar-refractivity contribution in [3.8, 4) is 0 Å². The molecule has 0 aliphatic rings. The highest BCUT2D eigenvalue weighted by atomic mass is 19.1. The molecule has 1 amide bonds. The number of rotatable bonds is 6. The van der Waals surface area contributed by atoms with Crippen molar-refractivity contribution >= 4 is 33.7 Å². The zero-order valence-electron chi connectivity index (χ0n) is 18.2. The summed E-state index contributed by atoms with van der Waals surface area (Å²) in [5, 5.41) is 3.77. The summed E-state index contributed by atoms with van der Waals surface area (Å²) < 4.78 is 20.2. The molecule has 33 heavy (non-hydrogen) atoms. The summed E-state index contributed by atoms with van der Waals surface area (Å²) in [4.78, 5) is 38.1. The van der Waals surface area contributed by atoms with Crippen LogP contribution in [0.3, 0.4) is 0 Å². The van der Waals surface area contributed by atoms with Crippen LogP contribution in [0.25, 0.3) is 21.8 Å². The maximum absolute atomic E-state index is 13.1. The van der Waals surface area contributed by atoms with Gasteiger partial charge in [0.25, 0.3) is 5.91 Å². The number of pyridine rings is 1. The average molecular weight is 446 g/mol. The monoisotopic (exact) mass is 446 g/mol. The van der Waals surface area contributed by atoms with E-state index in [1.54, 1.807) is 72.2 Å². The fraction of sp³-hybridized carbons (Fsp3) is 0.192. The van der Waals surface area contributed by atoms with E-state index in [4.69, 9.17) is 4.74 Å². The zero-order chi connectivity index (χ0) is 23.5. The van der Waals surface area contributed by atoms with Gasteiger partial charge in [0, 0.05) is 10.8 Å². The second-order valence-corrected chi connectivity index (χ2v) is 7.86. The number of carbonyl (C=O) groups excluding carboxylic acids is 2. The molecule has 168 valence electrons. The third-order valence-electron chi connectivity index (χ3n) is 5.57. The highest BCUT2D eigenvalue weighted by molar-refractivity contribution is 5.94. The number of amides is 1. The maximum atomic E-state index is 13.1. The second-order valence-electron chi connectivity index (χ2n) is 7.86. The Morgan fingerprint density at radius 1 is 0.909 bits per heavy atom. The predicted molar refractivity (Wildman–Crippen MR) is 124 cm³/mol. The average Bonchev–Trinajstić information content (AvgIpc) is 2.82. The number of hydrogen-bond acceptors (Lipinski definition) is 4. The van der Waals surface area contributed by atoms with Crippen LogP contribution in [-0.2, 0) is 20.9 Å². The summed E-state index contributed by atoms with van der Waals surface area (Å²) in [7, 11) is 0. The number of benzene rings is 3. The molecule has 0 radical (unpaired) electrons. The van der Waals surface area contributed by atoms with Crippen LogP contribution < -0.4 is 10.7 Å². The van der Waals surface area contributed by atoms with Crippen LogP contribution in [0.15, 0.2) is 77.6 Å². The van der Waals surface area contributed by atoms with E-state index in [-0.39, 0.29) is 23.8 Å². The smallest absolute Gasteiger partial charge is 0.326 e. The van der Waals surface area contributed by atoms with Gasteiger partial charge in [-0.25, -0.2) is 4.39 Å². The summed E-state index contributed by atoms with van der Waals surface area (Å²) in [6, 6.07) is 19.6. The van der Waals surface area contributed by atoms with E-state index in [0.717, 1.165) is 5.56 Å². The highest BCUT2D eigenvalue weighted by Gasteiger charge is 2.21. The number of para-hydroxylation sites is 2. The second kappa shape index (κ2) is 9.24. The number of aromatic nitrogens is 1. The molecule has 0 aliphatic carbocycles. The van der Waals surface area contributed by atoms with Gasteiger partial charge < -0.3 is 14.6 Å². The van der Waals surface area contributed by atoms with Gasteiger partial charge >= 0.3 is 5.97 Å². The molecule has 4 aromatic rings. The van der Waals surface area contributed by atoms with Crippen molar-refractivity contribution in [2.75, 3.05) is 0 Å². The molecule has 0 fully saturated rings. The lowest BCUT2D eigenvalue weighted by atomic mass is 10.1. The van der Waals surface area contributed by atoms with Crippen LogP contribution in [0.5, 0.6) is 0 Å². The van der Waals surface area contributed by atoms with Crippen LogP contribution in [0, 0.1) is 5.82 Å². The van der Waals surface area contributed by atoms with Gasteiger partial charge in [-0.3, -0.25) is 14.4 Å². The Morgan fingerprint density at radius 2 is 1.45 bits per heavy atom. The van der Waals surface area contributed by atoms with Gasteiger partial charge in [-0.05, 0) is 55.8 Å². The first-order valence-corrected chi connectivity index (χ1v) is 10.6. The first-order valence-electron chi connectivity index (χ1n) is 10.6. The Labute approximate surface area is 189 Å². The van der Waals surface area contributed by atoms with Crippen molar-refractivity contribution in [3.63, 3.8) is 0 Å². The van der Waals surface area contributed by atoms with E-state index in [1.807, 2.05) is 0 Å². The zero-order valence-corrected chi connectivity index (χ0v) is 18.2. The van der Waals surface area contributed by atoms with Crippen molar-refractivity contribution in [2.24, 2.45) is 0 Å². The van der Waals surface area contributed by atoms with Crippen LogP contribution in [0.4, 0.5) is 4.39 Å². The Balaban J connectivity index is 1.51. The lowest BCUT2D eigenvalue weighted by Gasteiger charge is -2.19. The van der Waals surface area contributed by atoms with Gasteiger partial charge in [0.15, 0.2) is 11.5 Å². The largest absolute Gasteiger partial charge is 0.451 e. The van der Waals surface area contributed by atoms with Gasteiger partial charge in [0.2, 0.25) is 0 Å². The molecular formula is C26H23FN2O4. The minimum Gasteiger partial charge on any atom is -0.451 e. The van der Waals surface area contributed by atoms with Crippen molar-refractivity contribution in [3.05, 3.63) is 94.4 Å². The molecule has 0 aliphatic heterocycles. The summed E-state index contributed by atoms with van der Waals surface area (Å²) in [6.45, 7) is 3.09. The molecule has 2 unspecified atom stereocenters. The first-order chi connectivity index (χ1) is 15.8. The van der Waals surface area contributed by atoms with E-state index >= 15 is 0 Å². The lowest BCUT2D eigenvalue weighted by Crippen LogP contribution is -2.37. The molecule has 4 rings (SSSR count). The predicted octanol–water partition coefficient (Wildman–Crippen LogP) is 4.10. The maximum Gasteiger partial charge on any atom is 0.326 e. The quantitative estimate of drug-likeness (QED) is 0.357. The SMILES string of the molecule is CC(OC(=O)Cn1c2ccccc2c(=O)c2ccccc21)C(=O)NC(C)c1ccc(F)cc1. The van der Waals surface area contributed by atoms with E-state index in [2.05, 4.69) is 5.32 Å². The Hall–Kier alpha value is -4.00. The molecule has 6 nitrogen and oxygen atoms in total. The van der Waals surface area contributed by atoms with Gasteiger partial charge in [0.1, 0.15) is 12.4 Å². The highest BCUT2D eigenvalue weighted by Crippen LogP contribution is 2.19. The minimum atomic E-state index is -1.03. The Bertz CT molecular complexity index is 1340. The van der Waals surface area contributed by atoms with Crippen LogP contribution in [-0.4, -0.2) is 22.5 Å². The minimum absolute atomic E-state index is 0.103. The van der Waals surface area contributed by atoms with Crippen molar-refractivity contribution < 1.29 is 18.7 Å². The van der Waals surface area contributed by atoms with Crippen molar-refractivity contribution in [2.45, 2.75) is 32.5 Å². The van der Waals surface area contributed by atoms with Gasteiger partial charge in [-0.15, -0.1) is 0 Å². The number of fused-ring (bicyclic) bond motifs is 2. The molecule has 1 aromatic heterocycles. The standard InChI is InChI=1S/C26H23FN2O4/c1-16(18-11-13-19(27)14-12-18)28-26(32)17(2)33-24(30)15-29-22-9-5-3-7-20(22)25(31)21-8-4-6-10-23(21)29/h3-14,16-17H,15H2,1-2H3,(H,28,32). The Morgan fingerprint density at radius 3 is 2.03 bits per heavy atom. The number of hydrogen-bond donors (Lipinski definition) is 1. The molecule has 0 saturated carbocycles. The molecular weight excluding hydrogens is 423 g/mol. The molecule has 2 atom stereocenters. The molecule has 0 bridgehead atoms. The number of halogens is 1. The normalized spacial score (nSPS) is 12.9. The molecule has 3 aromatic carbocycles. The summed E-state index contributed by atoms with van der Waals surface area (Å²) in [5.74, 6) is -1.43. The van der Waals surface area contributed by atoms with Crippen molar-refractivity contribution in [1.82, 2.24) is 9.88 Å². The topological polar surface area (TPSA) is 77.4 Å². The lowest BCUT2D eigenvalue weighted by molar-refractivity contribution is -0.155. The summed E-state index contributed by atoms with van der Waals surface area (Å²) in [6.07, 6.45) is -1.03. The first kappa shape index (κ1) is 22.2. The molecule has 0 spiro atoms. The van der Waals surface area contributed by atoms with Crippen molar-refractivity contribution in [1.29, 1.82) is 0 Å².